The number of ether oxygens (including phenoxy) is 1. The van der Waals surface area contributed by atoms with Crippen LogP contribution in [0.5, 0.6) is 0 Å². The fourth-order valence-corrected chi connectivity index (χ4v) is 4.53. The number of carbonyl (C=O) groups is 1. The molecule has 5 heteroatoms. The van der Waals surface area contributed by atoms with Crippen LogP contribution in [0.15, 0.2) is 0 Å². The Labute approximate surface area is 140 Å². The lowest BCUT2D eigenvalue weighted by molar-refractivity contribution is -0.132. The summed E-state index contributed by atoms with van der Waals surface area (Å²) >= 11 is 0. The van der Waals surface area contributed by atoms with Crippen molar-refractivity contribution < 1.29 is 9.53 Å². The smallest absolute Gasteiger partial charge is 0.223 e. The lowest BCUT2D eigenvalue weighted by Gasteiger charge is -2.37. The summed E-state index contributed by atoms with van der Waals surface area (Å²) in [4.78, 5) is 19.5. The molecule has 5 nitrogen and oxygen atoms in total. The van der Waals surface area contributed by atoms with Crippen LogP contribution in [0.1, 0.15) is 39.5 Å². The first kappa shape index (κ1) is 17.2. The highest BCUT2D eigenvalue weighted by atomic mass is 16.5. The summed E-state index contributed by atoms with van der Waals surface area (Å²) in [6.45, 7) is 11.4. The third-order valence-electron chi connectivity index (χ3n) is 5.98. The molecule has 23 heavy (non-hydrogen) atoms. The number of hydrogen-bond donors (Lipinski definition) is 0. The standard InChI is InChI=1S/C18H33N3O2/c1-15-12-20(13-16(2)23-15)8-4-17(22)21-11-7-18(14-21)5-9-19(3)10-6-18/h15-16H,4-14H2,1-3H3/t15-,16+. The van der Waals surface area contributed by atoms with E-state index in [1.807, 2.05) is 0 Å². The highest BCUT2D eigenvalue weighted by Gasteiger charge is 2.41. The zero-order valence-electron chi connectivity index (χ0n) is 15.1. The van der Waals surface area contributed by atoms with Gasteiger partial charge >= 0.3 is 0 Å². The van der Waals surface area contributed by atoms with Gasteiger partial charge in [0.15, 0.2) is 0 Å². The maximum Gasteiger partial charge on any atom is 0.223 e. The summed E-state index contributed by atoms with van der Waals surface area (Å²) in [6.07, 6.45) is 4.94. The molecule has 0 aliphatic carbocycles. The largest absolute Gasteiger partial charge is 0.373 e. The van der Waals surface area contributed by atoms with Gasteiger partial charge in [-0.25, -0.2) is 0 Å². The first-order valence-corrected chi connectivity index (χ1v) is 9.30. The third kappa shape index (κ3) is 4.25. The number of hydrogen-bond acceptors (Lipinski definition) is 4. The minimum Gasteiger partial charge on any atom is -0.373 e. The van der Waals surface area contributed by atoms with E-state index < -0.39 is 0 Å². The van der Waals surface area contributed by atoms with Gasteiger partial charge in [-0.1, -0.05) is 0 Å². The van der Waals surface area contributed by atoms with E-state index in [9.17, 15) is 4.79 Å². The Kier molecular flexibility index (Phi) is 5.29. The van der Waals surface area contributed by atoms with Crippen LogP contribution in [0.2, 0.25) is 0 Å². The molecule has 3 aliphatic rings. The minimum atomic E-state index is 0.281. The molecule has 3 rings (SSSR count). The zero-order chi connectivity index (χ0) is 16.4. The van der Waals surface area contributed by atoms with Gasteiger partial charge < -0.3 is 14.5 Å². The Hall–Kier alpha value is -0.650. The normalized spacial score (nSPS) is 32.6. The molecule has 0 aromatic heterocycles. The summed E-state index contributed by atoms with van der Waals surface area (Å²) in [5, 5.41) is 0. The second kappa shape index (κ2) is 7.08. The first-order valence-electron chi connectivity index (χ1n) is 9.30. The molecule has 0 saturated carbocycles. The summed E-state index contributed by atoms with van der Waals surface area (Å²) in [6, 6.07) is 0. The number of amides is 1. The van der Waals surface area contributed by atoms with Crippen molar-refractivity contribution in [3.8, 4) is 0 Å². The molecule has 0 aromatic rings. The van der Waals surface area contributed by atoms with Crippen molar-refractivity contribution in [1.82, 2.24) is 14.7 Å². The van der Waals surface area contributed by atoms with E-state index >= 15 is 0 Å². The Balaban J connectivity index is 1.44. The molecule has 0 aromatic carbocycles. The number of morpholine rings is 1. The number of rotatable bonds is 3. The van der Waals surface area contributed by atoms with E-state index in [0.29, 0.717) is 17.7 Å². The quantitative estimate of drug-likeness (QED) is 0.787. The molecule has 3 saturated heterocycles. The molecule has 0 bridgehead atoms. The van der Waals surface area contributed by atoms with Crippen LogP contribution in [0.25, 0.3) is 0 Å². The Bertz CT molecular complexity index is 410. The minimum absolute atomic E-state index is 0.281. The molecule has 3 fully saturated rings. The molecule has 0 unspecified atom stereocenters. The lowest BCUT2D eigenvalue weighted by atomic mass is 9.78. The topological polar surface area (TPSA) is 36.0 Å². The maximum atomic E-state index is 12.6. The summed E-state index contributed by atoms with van der Waals surface area (Å²) < 4.78 is 5.77. The highest BCUT2D eigenvalue weighted by molar-refractivity contribution is 5.76. The van der Waals surface area contributed by atoms with E-state index in [0.717, 1.165) is 32.7 Å². The predicted octanol–water partition coefficient (Wildman–Crippen LogP) is 1.43. The molecule has 132 valence electrons. The number of likely N-dealkylation sites (tertiary alicyclic amines) is 2. The van der Waals surface area contributed by atoms with Gasteiger partial charge in [-0.2, -0.15) is 0 Å². The second-order valence-electron chi connectivity index (χ2n) is 8.14. The first-order chi connectivity index (χ1) is 11.0. The van der Waals surface area contributed by atoms with Gasteiger partial charge in [0.2, 0.25) is 5.91 Å². The summed E-state index contributed by atoms with van der Waals surface area (Å²) in [5.41, 5.74) is 0.421. The monoisotopic (exact) mass is 323 g/mol. The van der Waals surface area contributed by atoms with Gasteiger partial charge in [0.05, 0.1) is 12.2 Å². The fourth-order valence-electron chi connectivity index (χ4n) is 4.53. The third-order valence-corrected chi connectivity index (χ3v) is 5.98. The summed E-state index contributed by atoms with van der Waals surface area (Å²) in [5.74, 6) is 0.354. The van der Waals surface area contributed by atoms with Crippen molar-refractivity contribution in [1.29, 1.82) is 0 Å². The van der Waals surface area contributed by atoms with Crippen LogP contribution >= 0.6 is 0 Å². The maximum absolute atomic E-state index is 12.6. The van der Waals surface area contributed by atoms with Crippen LogP contribution in [-0.2, 0) is 9.53 Å². The van der Waals surface area contributed by atoms with Gasteiger partial charge in [-0.3, -0.25) is 9.69 Å². The van der Waals surface area contributed by atoms with Crippen molar-refractivity contribution in [3.05, 3.63) is 0 Å². The SMILES string of the molecule is C[C@@H]1CN(CCC(=O)N2CCC3(CCN(C)CC3)C2)C[C@H](C)O1. The molecule has 2 atom stereocenters. The van der Waals surface area contributed by atoms with Gasteiger partial charge in [0.1, 0.15) is 0 Å². The number of carbonyl (C=O) groups excluding carboxylic acids is 1. The molecule has 3 heterocycles. The summed E-state index contributed by atoms with van der Waals surface area (Å²) in [7, 11) is 2.20. The van der Waals surface area contributed by atoms with Gasteiger partial charge in [0, 0.05) is 39.1 Å². The highest BCUT2D eigenvalue weighted by Crippen LogP contribution is 2.40. The van der Waals surface area contributed by atoms with E-state index in [2.05, 4.69) is 35.6 Å². The molecular formula is C18H33N3O2. The number of nitrogens with zero attached hydrogens (tertiary/aromatic N) is 3. The molecule has 0 N–H and O–H groups in total. The predicted molar refractivity (Wildman–Crippen MR) is 91.4 cm³/mol. The van der Waals surface area contributed by atoms with Crippen molar-refractivity contribution in [2.24, 2.45) is 5.41 Å². The molecule has 3 aliphatic heterocycles. The van der Waals surface area contributed by atoms with Crippen LogP contribution < -0.4 is 0 Å². The molecule has 1 amide bonds. The Morgan fingerprint density at radius 2 is 1.70 bits per heavy atom. The van der Waals surface area contributed by atoms with Crippen LogP contribution in [0.4, 0.5) is 0 Å². The number of piperidine rings is 1. The van der Waals surface area contributed by atoms with Crippen molar-refractivity contribution in [2.75, 3.05) is 52.9 Å². The lowest BCUT2D eigenvalue weighted by Crippen LogP contribution is -2.46. The van der Waals surface area contributed by atoms with Crippen LogP contribution in [-0.4, -0.2) is 85.7 Å². The van der Waals surface area contributed by atoms with E-state index in [1.165, 1.54) is 32.4 Å². The molecular weight excluding hydrogens is 290 g/mol. The Morgan fingerprint density at radius 3 is 2.35 bits per heavy atom. The average molecular weight is 323 g/mol. The second-order valence-corrected chi connectivity index (χ2v) is 8.14. The molecule has 0 radical (unpaired) electrons. The fraction of sp³-hybridized carbons (Fsp3) is 0.944. The Morgan fingerprint density at radius 1 is 1.09 bits per heavy atom. The van der Waals surface area contributed by atoms with Gasteiger partial charge in [-0.05, 0) is 58.7 Å². The molecule has 1 spiro atoms. The van der Waals surface area contributed by atoms with Crippen LogP contribution in [0.3, 0.4) is 0 Å². The van der Waals surface area contributed by atoms with Crippen molar-refractivity contribution >= 4 is 5.91 Å². The van der Waals surface area contributed by atoms with Crippen LogP contribution in [0, 0.1) is 5.41 Å². The van der Waals surface area contributed by atoms with E-state index in [4.69, 9.17) is 4.74 Å². The zero-order valence-corrected chi connectivity index (χ0v) is 15.1. The van der Waals surface area contributed by atoms with Gasteiger partial charge in [0.25, 0.3) is 0 Å². The van der Waals surface area contributed by atoms with Crippen molar-refractivity contribution in [3.63, 3.8) is 0 Å². The van der Waals surface area contributed by atoms with E-state index in [-0.39, 0.29) is 12.2 Å². The van der Waals surface area contributed by atoms with Crippen molar-refractivity contribution in [2.45, 2.75) is 51.7 Å². The van der Waals surface area contributed by atoms with E-state index in [1.54, 1.807) is 0 Å². The van der Waals surface area contributed by atoms with Gasteiger partial charge in [-0.15, -0.1) is 0 Å². The average Bonchev–Trinajstić information content (AvgIpc) is 2.92.